The molecule has 0 aliphatic heterocycles. The van der Waals surface area contributed by atoms with E-state index < -0.39 is 165 Å². The smallest absolute Gasteiger partial charge is 0.326 e. The Kier molecular flexibility index (Phi) is 13.3. The second kappa shape index (κ2) is 15.3. The normalized spacial score (nSPS) is 13.7. The number of nitrogens with zero attached hydrogens (tertiary/aromatic N) is 2. The minimum atomic E-state index is -6.48. The standard InChI is InChI=1S/C20H14N4O24S8.2Na/c25-49(26,27)13-7(9-11(23-19(21-9)55(43,44)45)15(51(31,32)33)17(13)53(37,38)39)5-3-1-2-4-6(5)8-10-12(24-20(22-10)56(46,47)48)16(52(34,35)36)18(54(40,41)42)14(8)50(28,29)30;;/h1-4H,(H,21,23)(H,22,24)(H,25,26,27)(H,28,29,30)(H,31,32,33)(H,34,35,36)(H,37,38,39)(H,40,41,42)(H,43,44,45)(H,46,47,48);;. The summed E-state index contributed by atoms with van der Waals surface area (Å²) >= 11 is 0. The molecule has 0 saturated carbocycles. The van der Waals surface area contributed by atoms with Crippen LogP contribution in [-0.4, -0.2) is 183 Å². The third kappa shape index (κ3) is 9.07. The number of fused-ring (bicyclic) bond motifs is 2. The molecule has 2 radical (unpaired) electrons. The van der Waals surface area contributed by atoms with Gasteiger partial charge in [0.25, 0.3) is 71.0 Å². The van der Waals surface area contributed by atoms with E-state index in [1.54, 1.807) is 9.97 Å². The molecule has 0 unspecified atom stereocenters. The van der Waals surface area contributed by atoms with Crippen LogP contribution in [0.15, 0.2) is 64.0 Å². The SMILES string of the molecule is O=S(=O)(O)c1nc2c(S(=O)(=O)O)c(S(=O)(=O)O)c(S(=O)(=O)O)c(-c3ccccc3-c3c(S(=O)(=O)O)c(S(=O)(=O)O)c(S(=O)(=O)O)c4nc(S(=O)(=O)O)[nH]c34)c2[nH]1.[Na].[Na]. The van der Waals surface area contributed by atoms with Gasteiger partial charge in [-0.05, 0) is 11.1 Å². The molecule has 38 heteroatoms. The first kappa shape index (κ1) is 50.2. The molecular weight excluding hydrogens is 983 g/mol. The molecule has 28 nitrogen and oxygen atoms in total. The molecule has 0 saturated heterocycles. The van der Waals surface area contributed by atoms with Crippen LogP contribution in [-0.2, 0) is 80.9 Å². The second-order valence-corrected chi connectivity index (χ2v) is 21.4. The van der Waals surface area contributed by atoms with E-state index >= 15 is 0 Å². The molecule has 0 bridgehead atoms. The average molecular weight is 997 g/mol. The van der Waals surface area contributed by atoms with Gasteiger partial charge in [0, 0.05) is 70.2 Å². The number of aromatic nitrogens is 4. The Hall–Kier alpha value is -2.12. The van der Waals surface area contributed by atoms with Gasteiger partial charge in [-0.1, -0.05) is 24.3 Å². The number of nitrogens with one attached hydrogen (secondary N) is 2. The van der Waals surface area contributed by atoms with E-state index in [-0.39, 0.29) is 59.1 Å². The Morgan fingerprint density at radius 1 is 0.362 bits per heavy atom. The number of imidazole rings is 2. The van der Waals surface area contributed by atoms with Crippen molar-refractivity contribution in [1.29, 1.82) is 0 Å². The summed E-state index contributed by atoms with van der Waals surface area (Å²) < 4.78 is 281. The van der Waals surface area contributed by atoms with Crippen molar-refractivity contribution < 1.29 is 104 Å². The summed E-state index contributed by atoms with van der Waals surface area (Å²) in [5.41, 5.74) is -12.4. The van der Waals surface area contributed by atoms with Gasteiger partial charge < -0.3 is 9.97 Å². The van der Waals surface area contributed by atoms with Gasteiger partial charge in [0.2, 0.25) is 0 Å². The third-order valence-electron chi connectivity index (χ3n) is 7.08. The van der Waals surface area contributed by atoms with Crippen LogP contribution in [0.2, 0.25) is 0 Å². The molecule has 3 aromatic carbocycles. The maximum atomic E-state index is 13.0. The van der Waals surface area contributed by atoms with Crippen molar-refractivity contribution in [3.05, 3.63) is 24.3 Å². The van der Waals surface area contributed by atoms with Crippen molar-refractivity contribution in [2.45, 2.75) is 39.7 Å². The van der Waals surface area contributed by atoms with Crippen LogP contribution in [0.4, 0.5) is 0 Å². The summed E-state index contributed by atoms with van der Waals surface area (Å²) in [6.45, 7) is 0. The second-order valence-electron chi connectivity index (χ2n) is 10.6. The zero-order valence-electron chi connectivity index (χ0n) is 27.6. The molecule has 5 rings (SSSR count). The Balaban J connectivity index is 0.00000450. The topological polar surface area (TPSA) is 492 Å². The van der Waals surface area contributed by atoms with Crippen molar-refractivity contribution in [2.75, 3.05) is 0 Å². The monoisotopic (exact) mass is 996 g/mol. The van der Waals surface area contributed by atoms with Crippen LogP contribution in [0.1, 0.15) is 0 Å². The molecule has 0 spiro atoms. The number of hydrogen-bond donors (Lipinski definition) is 10. The molecule has 308 valence electrons. The van der Waals surface area contributed by atoms with Gasteiger partial charge in [0.1, 0.15) is 40.4 Å². The molecule has 2 heterocycles. The van der Waals surface area contributed by atoms with Crippen molar-refractivity contribution in [1.82, 2.24) is 19.9 Å². The van der Waals surface area contributed by atoms with E-state index in [0.717, 1.165) is 12.1 Å². The van der Waals surface area contributed by atoms with E-state index in [1.165, 1.54) is 0 Å². The first-order chi connectivity index (χ1) is 24.9. The number of aromatic amines is 2. The molecule has 0 aliphatic rings. The van der Waals surface area contributed by atoms with E-state index in [0.29, 0.717) is 12.1 Å². The van der Waals surface area contributed by atoms with Gasteiger partial charge in [-0.3, -0.25) is 36.4 Å². The molecule has 58 heavy (non-hydrogen) atoms. The van der Waals surface area contributed by atoms with E-state index in [9.17, 15) is 104 Å². The molecule has 0 aliphatic carbocycles. The zero-order valence-corrected chi connectivity index (χ0v) is 38.1. The van der Waals surface area contributed by atoms with Crippen molar-refractivity contribution in [3.63, 3.8) is 0 Å². The maximum absolute atomic E-state index is 13.0. The zero-order chi connectivity index (χ0) is 42.9. The van der Waals surface area contributed by atoms with Gasteiger partial charge in [-0.25, -0.2) is 9.97 Å². The van der Waals surface area contributed by atoms with Gasteiger partial charge in [-0.15, -0.1) is 0 Å². The van der Waals surface area contributed by atoms with Crippen LogP contribution in [0.3, 0.4) is 0 Å². The van der Waals surface area contributed by atoms with Gasteiger partial charge in [0.05, 0.1) is 11.0 Å². The maximum Gasteiger partial charge on any atom is 0.328 e. The fourth-order valence-corrected chi connectivity index (χ4v) is 13.3. The van der Waals surface area contributed by atoms with Crippen molar-refractivity contribution in [3.8, 4) is 22.3 Å². The number of H-pyrrole nitrogens is 2. The van der Waals surface area contributed by atoms with E-state index in [4.69, 9.17) is 0 Å². The quantitative estimate of drug-likeness (QED) is 0.0533. The minimum absolute atomic E-state index is 0. The van der Waals surface area contributed by atoms with Crippen molar-refractivity contribution >= 4 is 162 Å². The molecule has 2 aromatic heterocycles. The van der Waals surface area contributed by atoms with Gasteiger partial charge in [-0.2, -0.15) is 67.3 Å². The molecule has 10 N–H and O–H groups in total. The molecular formula is C20H14N4Na2O24S8. The number of rotatable bonds is 10. The molecule has 0 fully saturated rings. The van der Waals surface area contributed by atoms with Crippen molar-refractivity contribution in [2.24, 2.45) is 0 Å². The summed E-state index contributed by atoms with van der Waals surface area (Å²) in [6.07, 6.45) is 0. The van der Waals surface area contributed by atoms with Crippen LogP contribution >= 0.6 is 0 Å². The Morgan fingerprint density at radius 3 is 0.810 bits per heavy atom. The van der Waals surface area contributed by atoms with Crippen LogP contribution < -0.4 is 0 Å². The van der Waals surface area contributed by atoms with Crippen LogP contribution in [0.5, 0.6) is 0 Å². The molecule has 0 atom stereocenters. The minimum Gasteiger partial charge on any atom is -0.326 e. The Bertz CT molecular complexity index is 3330. The largest absolute Gasteiger partial charge is 0.328 e. The van der Waals surface area contributed by atoms with Crippen LogP contribution in [0.25, 0.3) is 44.3 Å². The Labute approximate surface area is 368 Å². The first-order valence-corrected chi connectivity index (χ1v) is 24.5. The summed E-state index contributed by atoms with van der Waals surface area (Å²) in [5.74, 6) is 0. The predicted molar refractivity (Wildman–Crippen MR) is 187 cm³/mol. The van der Waals surface area contributed by atoms with Gasteiger partial charge in [0.15, 0.2) is 0 Å². The fraction of sp³-hybridized carbons (Fsp3) is 0. The van der Waals surface area contributed by atoms with Crippen LogP contribution in [0, 0.1) is 0 Å². The molecule has 5 aromatic rings. The summed E-state index contributed by atoms with van der Waals surface area (Å²) in [6, 6.07) is 2.49. The van der Waals surface area contributed by atoms with E-state index in [2.05, 4.69) is 9.97 Å². The molecule has 0 amide bonds. The third-order valence-corrected chi connectivity index (χ3v) is 14.5. The predicted octanol–water partition coefficient (Wildman–Crippen LogP) is -2.01. The summed E-state index contributed by atoms with van der Waals surface area (Å²) in [7, 11) is -49.9. The Morgan fingerprint density at radius 2 is 0.603 bits per heavy atom. The summed E-state index contributed by atoms with van der Waals surface area (Å²) in [5, 5.41) is -3.63. The van der Waals surface area contributed by atoms with E-state index in [1.807, 2.05) is 0 Å². The first-order valence-electron chi connectivity index (χ1n) is 13.0. The summed E-state index contributed by atoms with van der Waals surface area (Å²) in [4.78, 5) is -4.96. The average Bonchev–Trinajstić information content (AvgIpc) is 3.61. The fourth-order valence-electron chi connectivity index (χ4n) is 5.39. The number of hydrogen-bond acceptors (Lipinski definition) is 18. The number of benzene rings is 3. The van der Waals surface area contributed by atoms with Gasteiger partial charge >= 0.3 is 20.2 Å².